The number of anilines is 1. The number of carbonyl (C=O) groups is 2. The van der Waals surface area contributed by atoms with Gasteiger partial charge >= 0.3 is 0 Å². The summed E-state index contributed by atoms with van der Waals surface area (Å²) in [6.07, 6.45) is 2.63. The first kappa shape index (κ1) is 20.3. The summed E-state index contributed by atoms with van der Waals surface area (Å²) in [6.45, 7) is 6.63. The van der Waals surface area contributed by atoms with E-state index < -0.39 is 5.54 Å². The third-order valence-electron chi connectivity index (χ3n) is 6.06. The van der Waals surface area contributed by atoms with Crippen molar-refractivity contribution in [3.8, 4) is 11.3 Å². The molecule has 0 unspecified atom stereocenters. The predicted molar refractivity (Wildman–Crippen MR) is 115 cm³/mol. The van der Waals surface area contributed by atoms with E-state index in [2.05, 4.69) is 34.4 Å². The number of amides is 2. The molecule has 0 saturated carbocycles. The normalized spacial score (nSPS) is 20.5. The van der Waals surface area contributed by atoms with Crippen LogP contribution in [0.3, 0.4) is 0 Å². The summed E-state index contributed by atoms with van der Waals surface area (Å²) >= 11 is 0. The van der Waals surface area contributed by atoms with E-state index in [1.807, 2.05) is 30.3 Å². The fraction of sp³-hybridized carbons (Fsp3) is 0.455. The lowest BCUT2D eigenvalue weighted by Gasteiger charge is -2.40. The average Bonchev–Trinajstić information content (AvgIpc) is 2.86. The molecular weight excluding hydrogens is 380 g/mol. The topological polar surface area (TPSA) is 113 Å². The highest BCUT2D eigenvalue weighted by molar-refractivity contribution is 6.00. The van der Waals surface area contributed by atoms with Crippen LogP contribution in [0.4, 0.5) is 5.95 Å². The smallest absolute Gasteiger partial charge is 0.257 e. The number of benzene rings is 1. The van der Waals surface area contributed by atoms with Crippen molar-refractivity contribution in [3.63, 3.8) is 0 Å². The van der Waals surface area contributed by atoms with Gasteiger partial charge in [-0.05, 0) is 18.3 Å². The van der Waals surface area contributed by atoms with Crippen molar-refractivity contribution >= 4 is 17.8 Å². The Hall–Kier alpha value is -3.00. The van der Waals surface area contributed by atoms with E-state index in [0.29, 0.717) is 43.7 Å². The molecule has 8 heteroatoms. The molecule has 2 amide bonds. The number of nitrogens with two attached hydrogens (primary N) is 1. The first-order valence-corrected chi connectivity index (χ1v) is 10.3. The van der Waals surface area contributed by atoms with Gasteiger partial charge in [-0.3, -0.25) is 9.59 Å². The molecule has 30 heavy (non-hydrogen) atoms. The number of carbonyl (C=O) groups excluding carboxylic acids is 2. The largest absolute Gasteiger partial charge is 0.368 e. The van der Waals surface area contributed by atoms with Gasteiger partial charge in [0.1, 0.15) is 5.54 Å². The molecule has 2 aromatic rings. The van der Waals surface area contributed by atoms with Crippen LogP contribution in [0.1, 0.15) is 37.0 Å². The molecule has 0 bridgehead atoms. The quantitative estimate of drug-likeness (QED) is 0.693. The monoisotopic (exact) mass is 408 g/mol. The molecule has 158 valence electrons. The second kappa shape index (κ2) is 7.68. The molecule has 2 saturated heterocycles. The summed E-state index contributed by atoms with van der Waals surface area (Å²) < 4.78 is 0. The minimum Gasteiger partial charge on any atom is -0.368 e. The van der Waals surface area contributed by atoms with Gasteiger partial charge in [-0.2, -0.15) is 0 Å². The Morgan fingerprint density at radius 1 is 1.13 bits per heavy atom. The van der Waals surface area contributed by atoms with Crippen molar-refractivity contribution in [2.45, 2.75) is 32.2 Å². The Morgan fingerprint density at radius 3 is 2.53 bits per heavy atom. The zero-order valence-corrected chi connectivity index (χ0v) is 17.4. The van der Waals surface area contributed by atoms with Gasteiger partial charge in [0.2, 0.25) is 11.9 Å². The van der Waals surface area contributed by atoms with Gasteiger partial charge in [0.25, 0.3) is 5.91 Å². The second-order valence-electron chi connectivity index (χ2n) is 8.93. The molecule has 0 aliphatic carbocycles. The standard InChI is InChI=1S/C22H28N6O2/c1-21(2)13-25-19(30)22(26-14-21)8-10-28(11-9-22)18(29)16-12-24-20(23)27-17(16)15-6-4-3-5-7-15/h3-7,12,26H,8-11,13-14H2,1-2H3,(H,25,30)(H2,23,24,27). The molecule has 4 N–H and O–H groups in total. The Bertz CT molecular complexity index is 951. The highest BCUT2D eigenvalue weighted by Gasteiger charge is 2.45. The minimum atomic E-state index is -0.621. The van der Waals surface area contributed by atoms with E-state index in [0.717, 1.165) is 12.1 Å². The predicted octanol–water partition coefficient (Wildman–Crippen LogP) is 1.45. The summed E-state index contributed by atoms with van der Waals surface area (Å²) in [4.78, 5) is 36.3. The summed E-state index contributed by atoms with van der Waals surface area (Å²) in [7, 11) is 0. The molecule has 1 aromatic carbocycles. The average molecular weight is 409 g/mol. The van der Waals surface area contributed by atoms with Crippen LogP contribution >= 0.6 is 0 Å². The van der Waals surface area contributed by atoms with Gasteiger partial charge in [-0.15, -0.1) is 0 Å². The summed E-state index contributed by atoms with van der Waals surface area (Å²) in [5.41, 5.74) is 6.93. The van der Waals surface area contributed by atoms with Crippen LogP contribution in [0.25, 0.3) is 11.3 Å². The lowest BCUT2D eigenvalue weighted by Crippen LogP contribution is -2.61. The summed E-state index contributed by atoms with van der Waals surface area (Å²) in [6, 6.07) is 9.48. The number of hydrogen-bond acceptors (Lipinski definition) is 6. The van der Waals surface area contributed by atoms with Crippen LogP contribution in [-0.2, 0) is 4.79 Å². The molecule has 1 aromatic heterocycles. The van der Waals surface area contributed by atoms with Crippen molar-refractivity contribution in [2.75, 3.05) is 31.9 Å². The van der Waals surface area contributed by atoms with E-state index in [1.54, 1.807) is 4.90 Å². The minimum absolute atomic E-state index is 0.00198. The molecule has 0 radical (unpaired) electrons. The maximum absolute atomic E-state index is 13.3. The van der Waals surface area contributed by atoms with Crippen molar-refractivity contribution in [1.29, 1.82) is 0 Å². The zero-order chi connectivity index (χ0) is 21.4. The Morgan fingerprint density at radius 2 is 1.83 bits per heavy atom. The Labute approximate surface area is 176 Å². The van der Waals surface area contributed by atoms with E-state index in [9.17, 15) is 9.59 Å². The SMILES string of the molecule is CC1(C)CNC(=O)C2(CCN(C(=O)c3cnc(N)nc3-c3ccccc3)CC2)NC1. The number of nitrogens with zero attached hydrogens (tertiary/aromatic N) is 3. The van der Waals surface area contributed by atoms with Crippen molar-refractivity contribution in [3.05, 3.63) is 42.1 Å². The number of nitrogen functional groups attached to an aromatic ring is 1. The Balaban J connectivity index is 1.54. The summed E-state index contributed by atoms with van der Waals surface area (Å²) in [5, 5.41) is 6.56. The van der Waals surface area contributed by atoms with Crippen LogP contribution in [0.2, 0.25) is 0 Å². The van der Waals surface area contributed by atoms with Crippen molar-refractivity contribution < 1.29 is 9.59 Å². The maximum atomic E-state index is 13.3. The van der Waals surface area contributed by atoms with Crippen LogP contribution in [-0.4, -0.2) is 58.4 Å². The van der Waals surface area contributed by atoms with Crippen molar-refractivity contribution in [2.24, 2.45) is 5.41 Å². The fourth-order valence-corrected chi connectivity index (χ4v) is 4.07. The molecular formula is C22H28N6O2. The van der Waals surface area contributed by atoms with Gasteiger partial charge in [-0.25, -0.2) is 9.97 Å². The van der Waals surface area contributed by atoms with E-state index >= 15 is 0 Å². The lowest BCUT2D eigenvalue weighted by molar-refractivity contribution is -0.128. The third-order valence-corrected chi connectivity index (χ3v) is 6.06. The van der Waals surface area contributed by atoms with Gasteiger partial charge in [0, 0.05) is 37.9 Å². The highest BCUT2D eigenvalue weighted by Crippen LogP contribution is 2.29. The van der Waals surface area contributed by atoms with Crippen LogP contribution in [0.15, 0.2) is 36.5 Å². The van der Waals surface area contributed by atoms with E-state index in [1.165, 1.54) is 6.20 Å². The molecule has 2 fully saturated rings. The molecule has 2 aliphatic rings. The number of piperidine rings is 1. The molecule has 2 aliphatic heterocycles. The summed E-state index contributed by atoms with van der Waals surface area (Å²) in [5.74, 6) is 0.0176. The van der Waals surface area contributed by atoms with Gasteiger partial charge in [0.05, 0.1) is 11.3 Å². The maximum Gasteiger partial charge on any atom is 0.257 e. The molecule has 3 heterocycles. The van der Waals surface area contributed by atoms with E-state index in [4.69, 9.17) is 5.73 Å². The second-order valence-corrected chi connectivity index (χ2v) is 8.93. The Kier molecular flexibility index (Phi) is 5.19. The molecule has 8 nitrogen and oxygen atoms in total. The van der Waals surface area contributed by atoms with Crippen molar-refractivity contribution in [1.82, 2.24) is 25.5 Å². The van der Waals surface area contributed by atoms with Gasteiger partial charge in [0.15, 0.2) is 0 Å². The van der Waals surface area contributed by atoms with Crippen LogP contribution in [0.5, 0.6) is 0 Å². The first-order valence-electron chi connectivity index (χ1n) is 10.3. The first-order chi connectivity index (χ1) is 14.3. The third kappa shape index (κ3) is 3.87. The number of hydrogen-bond donors (Lipinski definition) is 3. The highest BCUT2D eigenvalue weighted by atomic mass is 16.2. The molecule has 4 rings (SSSR count). The molecule has 1 spiro atoms. The van der Waals surface area contributed by atoms with Crippen LogP contribution < -0.4 is 16.4 Å². The fourth-order valence-electron chi connectivity index (χ4n) is 4.07. The lowest BCUT2D eigenvalue weighted by atomic mass is 9.85. The number of aromatic nitrogens is 2. The number of nitrogens with one attached hydrogen (secondary N) is 2. The number of rotatable bonds is 2. The zero-order valence-electron chi connectivity index (χ0n) is 17.4. The van der Waals surface area contributed by atoms with Crippen LogP contribution in [0, 0.1) is 5.41 Å². The van der Waals surface area contributed by atoms with E-state index in [-0.39, 0.29) is 23.2 Å². The van der Waals surface area contributed by atoms with Gasteiger partial charge < -0.3 is 21.3 Å². The molecule has 0 atom stereocenters. The van der Waals surface area contributed by atoms with Gasteiger partial charge in [-0.1, -0.05) is 44.2 Å². The number of likely N-dealkylation sites (tertiary alicyclic amines) is 1.